The molecule has 31 heavy (non-hydrogen) atoms. The zero-order valence-corrected chi connectivity index (χ0v) is 19.1. The molecule has 2 aromatic rings. The van der Waals surface area contributed by atoms with E-state index >= 15 is 0 Å². The number of quaternary nitrogens is 1. The third kappa shape index (κ3) is 7.86. The van der Waals surface area contributed by atoms with Gasteiger partial charge in [0.25, 0.3) is 11.8 Å². The molecule has 0 saturated carbocycles. The Morgan fingerprint density at radius 2 is 1.55 bits per heavy atom. The number of nitrogens with one attached hydrogen (secondary N) is 2. The molecule has 0 atom stereocenters. The fraction of sp³-hybridized carbons (Fsp3) is 0.400. The van der Waals surface area contributed by atoms with E-state index in [-0.39, 0.29) is 28.4 Å². The molecule has 0 aliphatic rings. The highest BCUT2D eigenvalue weighted by Gasteiger charge is 2.18. The van der Waals surface area contributed by atoms with Gasteiger partial charge in [0.15, 0.2) is 22.5 Å². The SMILES string of the molecule is C[N+](C)(CCCCNC(=O)c1ccc(Cl)cc1)CCNC(=O)c1nc(Cl)c(N)nc1N. The first kappa shape index (κ1) is 24.6. The molecule has 11 heteroatoms. The molecule has 0 fully saturated rings. The Balaban J connectivity index is 1.67. The van der Waals surface area contributed by atoms with Gasteiger partial charge in [-0.15, -0.1) is 0 Å². The average molecular weight is 469 g/mol. The summed E-state index contributed by atoms with van der Waals surface area (Å²) in [6.07, 6.45) is 1.78. The van der Waals surface area contributed by atoms with Gasteiger partial charge in [-0.1, -0.05) is 23.2 Å². The number of anilines is 2. The molecule has 0 saturated heterocycles. The quantitative estimate of drug-likeness (QED) is 0.310. The van der Waals surface area contributed by atoms with Gasteiger partial charge in [0, 0.05) is 17.1 Å². The molecular weight excluding hydrogens is 441 g/mol. The first-order chi connectivity index (χ1) is 14.6. The van der Waals surface area contributed by atoms with Crippen LogP contribution in [0.3, 0.4) is 0 Å². The highest BCUT2D eigenvalue weighted by molar-refractivity contribution is 6.31. The van der Waals surface area contributed by atoms with Crippen LogP contribution in [0, 0.1) is 0 Å². The van der Waals surface area contributed by atoms with E-state index in [9.17, 15) is 9.59 Å². The summed E-state index contributed by atoms with van der Waals surface area (Å²) in [5.41, 5.74) is 11.8. The van der Waals surface area contributed by atoms with Crippen molar-refractivity contribution in [3.05, 3.63) is 45.7 Å². The molecule has 0 unspecified atom stereocenters. The zero-order valence-electron chi connectivity index (χ0n) is 17.6. The van der Waals surface area contributed by atoms with Crippen molar-refractivity contribution in [3.8, 4) is 0 Å². The Bertz CT molecular complexity index is 920. The third-order valence-corrected chi connectivity index (χ3v) is 5.23. The molecule has 9 nitrogen and oxygen atoms in total. The Labute approximate surface area is 191 Å². The molecule has 1 heterocycles. The second-order valence-corrected chi connectivity index (χ2v) is 8.54. The maximum absolute atomic E-state index is 12.3. The fourth-order valence-electron chi connectivity index (χ4n) is 2.85. The predicted molar refractivity (Wildman–Crippen MR) is 123 cm³/mol. The van der Waals surface area contributed by atoms with Gasteiger partial charge >= 0.3 is 0 Å². The second kappa shape index (κ2) is 11.1. The van der Waals surface area contributed by atoms with Crippen molar-refractivity contribution >= 4 is 46.7 Å². The van der Waals surface area contributed by atoms with Crippen molar-refractivity contribution in [1.82, 2.24) is 20.6 Å². The monoisotopic (exact) mass is 468 g/mol. The van der Waals surface area contributed by atoms with Gasteiger partial charge in [-0.3, -0.25) is 9.59 Å². The number of halogens is 2. The molecule has 0 aliphatic heterocycles. The van der Waals surface area contributed by atoms with Crippen LogP contribution < -0.4 is 22.1 Å². The smallest absolute Gasteiger partial charge is 0.273 e. The van der Waals surface area contributed by atoms with E-state index in [4.69, 9.17) is 34.7 Å². The van der Waals surface area contributed by atoms with Crippen molar-refractivity contribution in [2.45, 2.75) is 12.8 Å². The lowest BCUT2D eigenvalue weighted by molar-refractivity contribution is -0.889. The summed E-state index contributed by atoms with van der Waals surface area (Å²) in [4.78, 5) is 32.0. The van der Waals surface area contributed by atoms with Gasteiger partial charge in [0.2, 0.25) is 0 Å². The van der Waals surface area contributed by atoms with Crippen molar-refractivity contribution in [2.24, 2.45) is 0 Å². The molecular formula is C20H28Cl2N7O2+. The number of carbonyl (C=O) groups excluding carboxylic acids is 2. The zero-order chi connectivity index (χ0) is 23.0. The predicted octanol–water partition coefficient (Wildman–Crippen LogP) is 1.96. The normalized spacial score (nSPS) is 11.2. The van der Waals surface area contributed by atoms with Crippen LogP contribution in [0.5, 0.6) is 0 Å². The molecule has 168 valence electrons. The molecule has 2 amide bonds. The van der Waals surface area contributed by atoms with E-state index < -0.39 is 5.91 Å². The molecule has 6 N–H and O–H groups in total. The average Bonchev–Trinajstić information content (AvgIpc) is 2.70. The molecule has 0 radical (unpaired) electrons. The molecule has 1 aromatic carbocycles. The van der Waals surface area contributed by atoms with Crippen LogP contribution in [0.2, 0.25) is 10.2 Å². The number of hydrogen-bond donors (Lipinski definition) is 4. The van der Waals surface area contributed by atoms with Gasteiger partial charge in [-0.2, -0.15) is 0 Å². The van der Waals surface area contributed by atoms with Gasteiger partial charge < -0.3 is 26.6 Å². The summed E-state index contributed by atoms with van der Waals surface area (Å²) in [6, 6.07) is 6.78. The molecule has 0 aliphatic carbocycles. The number of carbonyl (C=O) groups is 2. The number of unbranched alkanes of at least 4 members (excludes halogenated alkanes) is 1. The number of amides is 2. The van der Waals surface area contributed by atoms with E-state index in [1.165, 1.54) is 0 Å². The van der Waals surface area contributed by atoms with E-state index in [0.29, 0.717) is 34.7 Å². The van der Waals surface area contributed by atoms with E-state index in [1.54, 1.807) is 24.3 Å². The minimum Gasteiger partial charge on any atom is -0.382 e. The lowest BCUT2D eigenvalue weighted by Crippen LogP contribution is -2.46. The Morgan fingerprint density at radius 3 is 2.23 bits per heavy atom. The summed E-state index contributed by atoms with van der Waals surface area (Å²) in [5, 5.41) is 6.22. The number of nitrogens with zero attached hydrogens (tertiary/aromatic N) is 3. The second-order valence-electron chi connectivity index (χ2n) is 7.74. The summed E-state index contributed by atoms with van der Waals surface area (Å²) in [7, 11) is 4.15. The summed E-state index contributed by atoms with van der Waals surface area (Å²) in [5.74, 6) is -0.637. The summed E-state index contributed by atoms with van der Waals surface area (Å²) >= 11 is 11.6. The number of benzene rings is 1. The Morgan fingerprint density at radius 1 is 0.903 bits per heavy atom. The van der Waals surface area contributed by atoms with Crippen molar-refractivity contribution in [3.63, 3.8) is 0 Å². The molecule has 2 rings (SSSR count). The Hall–Kier alpha value is -2.62. The number of nitrogen functional groups attached to an aromatic ring is 2. The first-order valence-electron chi connectivity index (χ1n) is 9.81. The third-order valence-electron chi connectivity index (χ3n) is 4.70. The first-order valence-corrected chi connectivity index (χ1v) is 10.6. The van der Waals surface area contributed by atoms with Crippen LogP contribution in [0.1, 0.15) is 33.7 Å². The standard InChI is InChI=1S/C20H27Cl2N7O2/c1-29(2,11-4-3-9-25-19(30)13-5-7-14(21)8-6-13)12-10-26-20(31)15-17(23)28-18(24)16(22)27-15/h5-8H,3-4,9-12H2,1-2H3,(H5-,23,24,25,26,28,30,31)/p+1. The lowest BCUT2D eigenvalue weighted by atomic mass is 10.2. The summed E-state index contributed by atoms with van der Waals surface area (Å²) < 4.78 is 0.703. The van der Waals surface area contributed by atoms with Crippen LogP contribution in [0.15, 0.2) is 24.3 Å². The number of rotatable bonds is 10. The molecule has 0 bridgehead atoms. The van der Waals surface area contributed by atoms with Gasteiger partial charge in [-0.05, 0) is 37.1 Å². The van der Waals surface area contributed by atoms with Crippen molar-refractivity contribution < 1.29 is 14.1 Å². The summed E-state index contributed by atoms with van der Waals surface area (Å²) in [6.45, 7) is 2.62. The largest absolute Gasteiger partial charge is 0.382 e. The van der Waals surface area contributed by atoms with Crippen LogP contribution >= 0.6 is 23.2 Å². The van der Waals surface area contributed by atoms with Crippen LogP contribution in [-0.4, -0.2) is 66.5 Å². The minimum absolute atomic E-state index is 0.0159. The molecule has 0 spiro atoms. The van der Waals surface area contributed by atoms with Gasteiger partial charge in [0.1, 0.15) is 0 Å². The van der Waals surface area contributed by atoms with Crippen LogP contribution in [0.4, 0.5) is 11.6 Å². The van der Waals surface area contributed by atoms with E-state index in [2.05, 4.69) is 34.7 Å². The van der Waals surface area contributed by atoms with E-state index in [0.717, 1.165) is 19.4 Å². The van der Waals surface area contributed by atoms with Crippen molar-refractivity contribution in [1.29, 1.82) is 0 Å². The fourth-order valence-corrected chi connectivity index (χ4v) is 3.10. The maximum atomic E-state index is 12.3. The number of aromatic nitrogens is 2. The number of nitrogens with two attached hydrogens (primary N) is 2. The van der Waals surface area contributed by atoms with Crippen LogP contribution in [-0.2, 0) is 0 Å². The highest BCUT2D eigenvalue weighted by atomic mass is 35.5. The molecule has 1 aromatic heterocycles. The van der Waals surface area contributed by atoms with Crippen LogP contribution in [0.25, 0.3) is 0 Å². The van der Waals surface area contributed by atoms with Gasteiger partial charge in [-0.25, -0.2) is 9.97 Å². The Kier molecular flexibility index (Phi) is 8.85. The van der Waals surface area contributed by atoms with Gasteiger partial charge in [0.05, 0.1) is 33.7 Å². The highest BCUT2D eigenvalue weighted by Crippen LogP contribution is 2.17. The number of likely N-dealkylation sites (N-methyl/N-ethyl adjacent to an activating group) is 1. The minimum atomic E-state index is -0.447. The maximum Gasteiger partial charge on any atom is 0.273 e. The van der Waals surface area contributed by atoms with E-state index in [1.807, 2.05) is 0 Å². The number of hydrogen-bond acceptors (Lipinski definition) is 6. The lowest BCUT2D eigenvalue weighted by Gasteiger charge is -2.30. The van der Waals surface area contributed by atoms with Crippen molar-refractivity contribution in [2.75, 3.05) is 51.7 Å². The topological polar surface area (TPSA) is 136 Å².